The second-order valence-corrected chi connectivity index (χ2v) is 6.62. The molecule has 6 nitrogen and oxygen atoms in total. The number of fused-ring (bicyclic) bond motifs is 2. The van der Waals surface area contributed by atoms with Crippen LogP contribution in [0.15, 0.2) is 36.4 Å². The van der Waals surface area contributed by atoms with Crippen LogP contribution in [0.3, 0.4) is 0 Å². The third-order valence-electron chi connectivity index (χ3n) is 5.43. The molecule has 2 atom stereocenters. The smallest absolute Gasteiger partial charge is 0.237 e. The van der Waals surface area contributed by atoms with E-state index in [-0.39, 0.29) is 11.9 Å². The van der Waals surface area contributed by atoms with Crippen molar-refractivity contribution < 1.29 is 19.0 Å². The lowest BCUT2D eigenvalue weighted by molar-refractivity contribution is -0.121. The van der Waals surface area contributed by atoms with Crippen LogP contribution in [0.25, 0.3) is 0 Å². The quantitative estimate of drug-likeness (QED) is 0.883. The molecule has 0 radical (unpaired) electrons. The average Bonchev–Trinajstić information content (AvgIpc) is 3.24. The summed E-state index contributed by atoms with van der Waals surface area (Å²) in [5, 5.41) is 6.55. The molecule has 0 saturated carbocycles. The minimum Gasteiger partial charge on any atom is -0.497 e. The molecule has 1 spiro atoms. The van der Waals surface area contributed by atoms with Crippen molar-refractivity contribution in [2.45, 2.75) is 17.9 Å². The molecule has 2 N–H and O–H groups in total. The van der Waals surface area contributed by atoms with Crippen molar-refractivity contribution in [3.63, 3.8) is 0 Å². The summed E-state index contributed by atoms with van der Waals surface area (Å²) in [7, 11) is 4.88. The van der Waals surface area contributed by atoms with E-state index in [0.717, 1.165) is 29.1 Å². The van der Waals surface area contributed by atoms with Crippen LogP contribution in [0.1, 0.15) is 23.6 Å². The van der Waals surface area contributed by atoms with Gasteiger partial charge < -0.3 is 24.8 Å². The van der Waals surface area contributed by atoms with Gasteiger partial charge in [-0.15, -0.1) is 0 Å². The van der Waals surface area contributed by atoms with Gasteiger partial charge in [-0.3, -0.25) is 4.79 Å². The summed E-state index contributed by atoms with van der Waals surface area (Å²) in [5.41, 5.74) is 2.10. The zero-order valence-electron chi connectivity index (χ0n) is 15.1. The maximum absolute atomic E-state index is 13.1. The predicted octanol–water partition coefficient (Wildman–Crippen LogP) is 2.64. The van der Waals surface area contributed by atoms with Gasteiger partial charge in [-0.05, 0) is 54.4 Å². The minimum atomic E-state index is -0.679. The predicted molar refractivity (Wildman–Crippen MR) is 98.2 cm³/mol. The second-order valence-electron chi connectivity index (χ2n) is 6.62. The van der Waals surface area contributed by atoms with E-state index in [1.54, 1.807) is 21.3 Å². The first kappa shape index (κ1) is 16.7. The van der Waals surface area contributed by atoms with Crippen molar-refractivity contribution in [2.75, 3.05) is 33.2 Å². The zero-order valence-corrected chi connectivity index (χ0v) is 15.1. The summed E-state index contributed by atoms with van der Waals surface area (Å²) in [6.45, 7) is 0.744. The molecule has 1 saturated heterocycles. The maximum atomic E-state index is 13.1. The monoisotopic (exact) mass is 354 g/mol. The van der Waals surface area contributed by atoms with E-state index in [1.807, 2.05) is 36.4 Å². The number of amides is 1. The number of anilines is 1. The van der Waals surface area contributed by atoms with Gasteiger partial charge in [0.2, 0.25) is 5.91 Å². The molecule has 2 aromatic carbocycles. The Morgan fingerprint density at radius 3 is 2.31 bits per heavy atom. The summed E-state index contributed by atoms with van der Waals surface area (Å²) in [6, 6.07) is 11.3. The van der Waals surface area contributed by atoms with Gasteiger partial charge in [0.25, 0.3) is 0 Å². The number of carbonyl (C=O) groups excluding carboxylic acids is 1. The summed E-state index contributed by atoms with van der Waals surface area (Å²) in [4.78, 5) is 13.1. The first-order valence-electron chi connectivity index (χ1n) is 8.58. The van der Waals surface area contributed by atoms with Gasteiger partial charge in [0.05, 0.1) is 32.8 Å². The van der Waals surface area contributed by atoms with Crippen LogP contribution in [-0.4, -0.2) is 33.8 Å². The highest BCUT2D eigenvalue weighted by Crippen LogP contribution is 2.52. The molecule has 136 valence electrons. The third kappa shape index (κ3) is 2.33. The van der Waals surface area contributed by atoms with Crippen LogP contribution in [-0.2, 0) is 10.2 Å². The van der Waals surface area contributed by atoms with Crippen molar-refractivity contribution in [3.05, 3.63) is 47.5 Å². The van der Waals surface area contributed by atoms with Gasteiger partial charge in [-0.1, -0.05) is 0 Å². The number of carbonyl (C=O) groups is 1. The lowest BCUT2D eigenvalue weighted by Crippen LogP contribution is -2.39. The van der Waals surface area contributed by atoms with Crippen LogP contribution >= 0.6 is 0 Å². The largest absolute Gasteiger partial charge is 0.497 e. The first-order valence-corrected chi connectivity index (χ1v) is 8.58. The molecule has 0 aliphatic carbocycles. The Balaban J connectivity index is 1.86. The topological polar surface area (TPSA) is 68.8 Å². The molecular formula is C20H22N2O4. The SMILES string of the molecule is COc1cc(OC)cc(C2NCCC23C(=O)Nc2ccc(OC)cc23)c1. The fraction of sp³-hybridized carbons (Fsp3) is 0.350. The second kappa shape index (κ2) is 6.21. The fourth-order valence-electron chi connectivity index (χ4n) is 4.15. The Bertz CT molecular complexity index is 845. The highest BCUT2D eigenvalue weighted by atomic mass is 16.5. The number of ether oxygens (including phenoxy) is 3. The Kier molecular flexibility index (Phi) is 4.00. The van der Waals surface area contributed by atoms with E-state index in [0.29, 0.717) is 17.9 Å². The van der Waals surface area contributed by atoms with Gasteiger partial charge in [-0.25, -0.2) is 0 Å². The lowest BCUT2D eigenvalue weighted by atomic mass is 9.72. The highest BCUT2D eigenvalue weighted by Gasteiger charge is 2.55. The Morgan fingerprint density at radius 1 is 0.962 bits per heavy atom. The summed E-state index contributed by atoms with van der Waals surface area (Å²) in [6.07, 6.45) is 0.712. The molecule has 1 fully saturated rings. The van der Waals surface area contributed by atoms with E-state index in [2.05, 4.69) is 10.6 Å². The number of rotatable bonds is 4. The molecule has 2 aliphatic heterocycles. The molecule has 2 aromatic rings. The number of benzene rings is 2. The molecule has 6 heteroatoms. The van der Waals surface area contributed by atoms with Crippen molar-refractivity contribution >= 4 is 11.6 Å². The van der Waals surface area contributed by atoms with Gasteiger partial charge in [0.1, 0.15) is 17.2 Å². The van der Waals surface area contributed by atoms with Crippen molar-refractivity contribution in [1.29, 1.82) is 0 Å². The summed E-state index contributed by atoms with van der Waals surface area (Å²) >= 11 is 0. The summed E-state index contributed by atoms with van der Waals surface area (Å²) in [5.74, 6) is 2.16. The number of hydrogen-bond donors (Lipinski definition) is 2. The molecule has 2 unspecified atom stereocenters. The van der Waals surface area contributed by atoms with E-state index in [9.17, 15) is 4.79 Å². The van der Waals surface area contributed by atoms with Crippen LogP contribution < -0.4 is 24.8 Å². The maximum Gasteiger partial charge on any atom is 0.237 e. The van der Waals surface area contributed by atoms with Crippen LogP contribution in [0.4, 0.5) is 5.69 Å². The van der Waals surface area contributed by atoms with E-state index >= 15 is 0 Å². The molecule has 4 rings (SSSR count). The van der Waals surface area contributed by atoms with E-state index < -0.39 is 5.41 Å². The normalized spacial score (nSPS) is 23.7. The molecular weight excluding hydrogens is 332 g/mol. The molecule has 1 amide bonds. The van der Waals surface area contributed by atoms with Crippen LogP contribution in [0.5, 0.6) is 17.2 Å². The molecule has 0 bridgehead atoms. The van der Waals surface area contributed by atoms with Crippen LogP contribution in [0.2, 0.25) is 0 Å². The Morgan fingerprint density at radius 2 is 1.65 bits per heavy atom. The zero-order chi connectivity index (χ0) is 18.3. The molecule has 2 aliphatic rings. The van der Waals surface area contributed by atoms with Crippen molar-refractivity contribution in [2.24, 2.45) is 0 Å². The highest BCUT2D eigenvalue weighted by molar-refractivity contribution is 6.07. The summed E-state index contributed by atoms with van der Waals surface area (Å²) < 4.78 is 16.2. The molecule has 26 heavy (non-hydrogen) atoms. The Hall–Kier alpha value is -2.73. The van der Waals surface area contributed by atoms with Gasteiger partial charge in [-0.2, -0.15) is 0 Å². The fourth-order valence-corrected chi connectivity index (χ4v) is 4.15. The minimum absolute atomic E-state index is 0.0116. The lowest BCUT2D eigenvalue weighted by Gasteiger charge is -2.30. The number of nitrogens with one attached hydrogen (secondary N) is 2. The Labute approximate surface area is 152 Å². The van der Waals surface area contributed by atoms with Gasteiger partial charge in [0, 0.05) is 11.8 Å². The van der Waals surface area contributed by atoms with Crippen molar-refractivity contribution in [3.8, 4) is 17.2 Å². The number of hydrogen-bond acceptors (Lipinski definition) is 5. The number of methoxy groups -OCH3 is 3. The van der Waals surface area contributed by atoms with E-state index in [1.165, 1.54) is 0 Å². The first-order chi connectivity index (χ1) is 12.6. The average molecular weight is 354 g/mol. The third-order valence-corrected chi connectivity index (χ3v) is 5.43. The molecule has 0 aromatic heterocycles. The van der Waals surface area contributed by atoms with Gasteiger partial charge >= 0.3 is 0 Å². The van der Waals surface area contributed by atoms with Crippen LogP contribution in [0, 0.1) is 0 Å². The van der Waals surface area contributed by atoms with Gasteiger partial charge in [0.15, 0.2) is 0 Å². The van der Waals surface area contributed by atoms with E-state index in [4.69, 9.17) is 14.2 Å². The molecule has 2 heterocycles. The standard InChI is InChI=1S/C20H22N2O4/c1-24-13-4-5-17-16(11-13)20(19(23)22-17)6-7-21-18(20)12-8-14(25-2)10-15(9-12)26-3/h4-5,8-11,18,21H,6-7H2,1-3H3,(H,22,23). The van der Waals surface area contributed by atoms with Crippen molar-refractivity contribution in [1.82, 2.24) is 5.32 Å².